The summed E-state index contributed by atoms with van der Waals surface area (Å²) >= 11 is 0. The molecule has 1 saturated carbocycles. The fourth-order valence-electron chi connectivity index (χ4n) is 3.16. The SMILES string of the molecule is CCCCCC(C)NC(=O)C1CCCC(CCN)C1. The second-order valence-corrected chi connectivity index (χ2v) is 6.21. The molecule has 1 fully saturated rings. The van der Waals surface area contributed by atoms with Crippen molar-refractivity contribution in [2.45, 2.75) is 77.7 Å². The molecule has 3 atom stereocenters. The molecule has 0 aromatic heterocycles. The van der Waals surface area contributed by atoms with Crippen LogP contribution in [0.3, 0.4) is 0 Å². The number of carbonyl (C=O) groups excluding carboxylic acids is 1. The van der Waals surface area contributed by atoms with Crippen molar-refractivity contribution in [3.05, 3.63) is 0 Å². The maximum Gasteiger partial charge on any atom is 0.223 e. The average Bonchev–Trinajstić information content (AvgIpc) is 2.39. The van der Waals surface area contributed by atoms with Crippen molar-refractivity contribution in [3.8, 4) is 0 Å². The smallest absolute Gasteiger partial charge is 0.223 e. The van der Waals surface area contributed by atoms with Crippen LogP contribution >= 0.6 is 0 Å². The van der Waals surface area contributed by atoms with E-state index in [1.54, 1.807) is 0 Å². The third kappa shape index (κ3) is 6.42. The summed E-state index contributed by atoms with van der Waals surface area (Å²) in [5, 5.41) is 3.20. The quantitative estimate of drug-likeness (QED) is 0.664. The van der Waals surface area contributed by atoms with Gasteiger partial charge in [0, 0.05) is 12.0 Å². The van der Waals surface area contributed by atoms with E-state index < -0.39 is 0 Å². The van der Waals surface area contributed by atoms with Crippen molar-refractivity contribution in [2.75, 3.05) is 6.54 Å². The van der Waals surface area contributed by atoms with Crippen LogP contribution < -0.4 is 11.1 Å². The van der Waals surface area contributed by atoms with Crippen LogP contribution in [-0.4, -0.2) is 18.5 Å². The van der Waals surface area contributed by atoms with E-state index in [1.807, 2.05) is 0 Å². The summed E-state index contributed by atoms with van der Waals surface area (Å²) in [7, 11) is 0. The number of amides is 1. The maximum atomic E-state index is 12.2. The van der Waals surface area contributed by atoms with Gasteiger partial charge in [-0.3, -0.25) is 4.79 Å². The highest BCUT2D eigenvalue weighted by Gasteiger charge is 2.27. The Bertz CT molecular complexity index is 253. The minimum absolute atomic E-state index is 0.235. The van der Waals surface area contributed by atoms with E-state index in [0.29, 0.717) is 12.0 Å². The topological polar surface area (TPSA) is 55.1 Å². The Morgan fingerprint density at radius 1 is 1.37 bits per heavy atom. The Labute approximate surface area is 118 Å². The average molecular weight is 268 g/mol. The van der Waals surface area contributed by atoms with E-state index in [-0.39, 0.29) is 11.8 Å². The molecule has 1 aliphatic rings. The van der Waals surface area contributed by atoms with Gasteiger partial charge < -0.3 is 11.1 Å². The zero-order chi connectivity index (χ0) is 14.1. The Kier molecular flexibility index (Phi) is 8.11. The van der Waals surface area contributed by atoms with Crippen LogP contribution in [0.1, 0.15) is 71.6 Å². The molecule has 1 aliphatic carbocycles. The van der Waals surface area contributed by atoms with Gasteiger partial charge in [0.05, 0.1) is 0 Å². The second kappa shape index (κ2) is 9.35. The largest absolute Gasteiger partial charge is 0.353 e. The van der Waals surface area contributed by atoms with Crippen molar-refractivity contribution >= 4 is 5.91 Å². The van der Waals surface area contributed by atoms with E-state index in [0.717, 1.165) is 32.2 Å². The Morgan fingerprint density at radius 3 is 2.84 bits per heavy atom. The standard InChI is InChI=1S/C16H32N2O/c1-3-4-5-7-13(2)18-16(19)15-9-6-8-14(12-15)10-11-17/h13-15H,3-12,17H2,1-2H3,(H,18,19). The van der Waals surface area contributed by atoms with Gasteiger partial charge in [0.25, 0.3) is 0 Å². The van der Waals surface area contributed by atoms with Gasteiger partial charge in [0.15, 0.2) is 0 Å². The molecule has 3 unspecified atom stereocenters. The van der Waals surface area contributed by atoms with Gasteiger partial charge in [0.2, 0.25) is 5.91 Å². The number of hydrogen-bond acceptors (Lipinski definition) is 2. The Morgan fingerprint density at radius 2 is 2.16 bits per heavy atom. The highest BCUT2D eigenvalue weighted by molar-refractivity contribution is 5.79. The van der Waals surface area contributed by atoms with E-state index in [4.69, 9.17) is 5.73 Å². The molecular formula is C16H32N2O. The number of hydrogen-bond donors (Lipinski definition) is 2. The second-order valence-electron chi connectivity index (χ2n) is 6.21. The normalized spacial score (nSPS) is 25.0. The van der Waals surface area contributed by atoms with Crippen LogP contribution in [0.25, 0.3) is 0 Å². The molecule has 3 nitrogen and oxygen atoms in total. The van der Waals surface area contributed by atoms with Gasteiger partial charge in [0.1, 0.15) is 0 Å². The minimum atomic E-state index is 0.235. The van der Waals surface area contributed by atoms with Crippen molar-refractivity contribution < 1.29 is 4.79 Å². The van der Waals surface area contributed by atoms with Crippen molar-refractivity contribution in [3.63, 3.8) is 0 Å². The third-order valence-corrected chi connectivity index (χ3v) is 4.36. The lowest BCUT2D eigenvalue weighted by Gasteiger charge is -2.29. The van der Waals surface area contributed by atoms with Crippen LogP contribution in [0, 0.1) is 11.8 Å². The predicted octanol–water partition coefficient (Wildman–Crippen LogP) is 3.23. The summed E-state index contributed by atoms with van der Waals surface area (Å²) in [5.41, 5.74) is 5.63. The van der Waals surface area contributed by atoms with Crippen LogP contribution in [-0.2, 0) is 4.79 Å². The number of rotatable bonds is 8. The van der Waals surface area contributed by atoms with Gasteiger partial charge in [-0.1, -0.05) is 39.0 Å². The number of nitrogens with one attached hydrogen (secondary N) is 1. The van der Waals surface area contributed by atoms with Gasteiger partial charge in [-0.2, -0.15) is 0 Å². The summed E-state index contributed by atoms with van der Waals surface area (Å²) in [6.45, 7) is 5.10. The Hall–Kier alpha value is -0.570. The summed E-state index contributed by atoms with van der Waals surface area (Å²) in [6, 6.07) is 0.328. The first-order valence-electron chi connectivity index (χ1n) is 8.17. The van der Waals surface area contributed by atoms with Gasteiger partial charge in [-0.15, -0.1) is 0 Å². The zero-order valence-corrected chi connectivity index (χ0v) is 12.8. The maximum absolute atomic E-state index is 12.2. The van der Waals surface area contributed by atoms with Crippen LogP contribution in [0.15, 0.2) is 0 Å². The van der Waals surface area contributed by atoms with Crippen LogP contribution in [0.2, 0.25) is 0 Å². The molecule has 0 heterocycles. The molecule has 1 amide bonds. The summed E-state index contributed by atoms with van der Waals surface area (Å²) in [6.07, 6.45) is 10.5. The molecule has 19 heavy (non-hydrogen) atoms. The molecule has 0 spiro atoms. The molecule has 3 heteroatoms. The lowest BCUT2D eigenvalue weighted by atomic mass is 9.79. The Balaban J connectivity index is 2.27. The number of unbranched alkanes of at least 4 members (excludes halogenated alkanes) is 2. The molecule has 0 aromatic carbocycles. The summed E-state index contributed by atoms with van der Waals surface area (Å²) < 4.78 is 0. The first kappa shape index (κ1) is 16.5. The molecule has 3 N–H and O–H groups in total. The van der Waals surface area contributed by atoms with Crippen molar-refractivity contribution in [1.82, 2.24) is 5.32 Å². The fourth-order valence-corrected chi connectivity index (χ4v) is 3.16. The molecule has 0 radical (unpaired) electrons. The highest BCUT2D eigenvalue weighted by Crippen LogP contribution is 2.31. The lowest BCUT2D eigenvalue weighted by Crippen LogP contribution is -2.39. The first-order chi connectivity index (χ1) is 9.17. The lowest BCUT2D eigenvalue weighted by molar-refractivity contribution is -0.127. The fraction of sp³-hybridized carbons (Fsp3) is 0.938. The zero-order valence-electron chi connectivity index (χ0n) is 12.8. The van der Waals surface area contributed by atoms with Crippen molar-refractivity contribution in [1.29, 1.82) is 0 Å². The van der Waals surface area contributed by atoms with Crippen LogP contribution in [0.5, 0.6) is 0 Å². The highest BCUT2D eigenvalue weighted by atomic mass is 16.1. The van der Waals surface area contributed by atoms with E-state index in [2.05, 4.69) is 19.2 Å². The number of nitrogens with two attached hydrogens (primary N) is 1. The molecule has 0 bridgehead atoms. The molecule has 0 saturated heterocycles. The summed E-state index contributed by atoms with van der Waals surface area (Å²) in [4.78, 5) is 12.2. The summed E-state index contributed by atoms with van der Waals surface area (Å²) in [5.74, 6) is 1.19. The van der Waals surface area contributed by atoms with E-state index in [1.165, 1.54) is 32.1 Å². The number of carbonyl (C=O) groups is 1. The molecule has 112 valence electrons. The first-order valence-corrected chi connectivity index (χ1v) is 8.17. The monoisotopic (exact) mass is 268 g/mol. The molecule has 0 aliphatic heterocycles. The molecular weight excluding hydrogens is 236 g/mol. The molecule has 1 rings (SSSR count). The van der Waals surface area contributed by atoms with Crippen LogP contribution in [0.4, 0.5) is 0 Å². The van der Waals surface area contributed by atoms with Crippen molar-refractivity contribution in [2.24, 2.45) is 17.6 Å². The minimum Gasteiger partial charge on any atom is -0.353 e. The predicted molar refractivity (Wildman–Crippen MR) is 80.9 cm³/mol. The van der Waals surface area contributed by atoms with Gasteiger partial charge >= 0.3 is 0 Å². The third-order valence-electron chi connectivity index (χ3n) is 4.36. The van der Waals surface area contributed by atoms with E-state index >= 15 is 0 Å². The van der Waals surface area contributed by atoms with E-state index in [9.17, 15) is 4.79 Å². The molecule has 0 aromatic rings. The van der Waals surface area contributed by atoms with Gasteiger partial charge in [-0.25, -0.2) is 0 Å². The van der Waals surface area contributed by atoms with Gasteiger partial charge in [-0.05, 0) is 45.1 Å².